The molecule has 30 heavy (non-hydrogen) atoms. The van der Waals surface area contributed by atoms with Gasteiger partial charge in [0.2, 0.25) is 5.91 Å². The largest absolute Gasteiger partial charge is 0.348 e. The summed E-state index contributed by atoms with van der Waals surface area (Å²) >= 11 is 0. The molecule has 0 bridgehead atoms. The Morgan fingerprint density at radius 1 is 1.13 bits per heavy atom. The summed E-state index contributed by atoms with van der Waals surface area (Å²) < 4.78 is 3.40. The Labute approximate surface area is 176 Å². The van der Waals surface area contributed by atoms with Gasteiger partial charge in [0.15, 0.2) is 5.82 Å². The summed E-state index contributed by atoms with van der Waals surface area (Å²) in [6.45, 7) is 4.85. The number of rotatable bonds is 7. The summed E-state index contributed by atoms with van der Waals surface area (Å²) in [7, 11) is 0. The monoisotopic (exact) mass is 408 g/mol. The minimum absolute atomic E-state index is 0.104. The van der Waals surface area contributed by atoms with Crippen molar-refractivity contribution in [1.29, 1.82) is 0 Å². The lowest BCUT2D eigenvalue weighted by molar-refractivity contribution is -0.122. The number of hydrogen-bond donors (Lipinski definition) is 1. The highest BCUT2D eigenvalue weighted by atomic mass is 16.2. The number of amides is 1. The van der Waals surface area contributed by atoms with Crippen LogP contribution in [0.15, 0.2) is 42.7 Å². The van der Waals surface area contributed by atoms with E-state index in [0.717, 1.165) is 30.2 Å². The first-order valence-electron chi connectivity index (χ1n) is 10.6. The Morgan fingerprint density at radius 2 is 1.90 bits per heavy atom. The fraction of sp³-hybridized carbons (Fsp3) is 0.476. The normalized spacial score (nSPS) is 16.2. The highest BCUT2D eigenvalue weighted by Crippen LogP contribution is 2.15. The molecule has 1 saturated heterocycles. The highest BCUT2D eigenvalue weighted by molar-refractivity contribution is 5.76. The molecule has 1 unspecified atom stereocenters. The third-order valence-electron chi connectivity index (χ3n) is 5.46. The SMILES string of the molecule is CC(NC(=O)Cn1nnnc1CN1CCCCCC1)c1cnn(-c2ccccc2)c1. The third-order valence-corrected chi connectivity index (χ3v) is 5.46. The Bertz CT molecular complexity index is 943. The zero-order valence-electron chi connectivity index (χ0n) is 17.3. The molecule has 0 radical (unpaired) electrons. The average Bonchev–Trinajstić information content (AvgIpc) is 3.33. The van der Waals surface area contributed by atoms with Gasteiger partial charge in [-0.15, -0.1) is 5.10 Å². The molecule has 158 valence electrons. The second kappa shape index (κ2) is 9.62. The zero-order chi connectivity index (χ0) is 20.8. The minimum Gasteiger partial charge on any atom is -0.348 e. The lowest BCUT2D eigenvalue weighted by Gasteiger charge is -2.19. The molecule has 9 heteroatoms. The van der Waals surface area contributed by atoms with E-state index in [4.69, 9.17) is 0 Å². The maximum absolute atomic E-state index is 12.6. The van der Waals surface area contributed by atoms with Crippen molar-refractivity contribution in [2.45, 2.75) is 51.7 Å². The van der Waals surface area contributed by atoms with Gasteiger partial charge in [-0.05, 0) is 55.4 Å². The van der Waals surface area contributed by atoms with E-state index >= 15 is 0 Å². The summed E-state index contributed by atoms with van der Waals surface area (Å²) in [4.78, 5) is 15.0. The van der Waals surface area contributed by atoms with Gasteiger partial charge in [0.05, 0.1) is 24.5 Å². The van der Waals surface area contributed by atoms with Crippen molar-refractivity contribution >= 4 is 5.91 Å². The molecule has 1 aliphatic rings. The van der Waals surface area contributed by atoms with Crippen LogP contribution in [0.2, 0.25) is 0 Å². The fourth-order valence-electron chi connectivity index (χ4n) is 3.74. The van der Waals surface area contributed by atoms with Crippen molar-refractivity contribution < 1.29 is 4.79 Å². The second-order valence-corrected chi connectivity index (χ2v) is 7.79. The van der Waals surface area contributed by atoms with Crippen LogP contribution < -0.4 is 5.32 Å². The second-order valence-electron chi connectivity index (χ2n) is 7.79. The van der Waals surface area contributed by atoms with Gasteiger partial charge >= 0.3 is 0 Å². The van der Waals surface area contributed by atoms with Crippen LogP contribution in [0.25, 0.3) is 5.69 Å². The fourth-order valence-corrected chi connectivity index (χ4v) is 3.74. The Morgan fingerprint density at radius 3 is 2.67 bits per heavy atom. The van der Waals surface area contributed by atoms with E-state index < -0.39 is 0 Å². The van der Waals surface area contributed by atoms with Crippen molar-refractivity contribution in [1.82, 2.24) is 40.2 Å². The number of carbonyl (C=O) groups excluding carboxylic acids is 1. The van der Waals surface area contributed by atoms with Crippen molar-refractivity contribution in [2.75, 3.05) is 13.1 Å². The van der Waals surface area contributed by atoms with E-state index in [1.165, 1.54) is 25.7 Å². The molecule has 4 rings (SSSR count). The van der Waals surface area contributed by atoms with Crippen LogP contribution in [0.3, 0.4) is 0 Å². The molecule has 9 nitrogen and oxygen atoms in total. The standard InChI is InChI=1S/C21H28N8O/c1-17(18-13-22-28(14-18)19-9-5-4-6-10-19)23-21(30)16-29-20(24-25-26-29)15-27-11-7-2-3-8-12-27/h4-6,9-10,13-14,17H,2-3,7-8,11-12,15-16H2,1H3,(H,23,30). The topological polar surface area (TPSA) is 93.8 Å². The van der Waals surface area contributed by atoms with Gasteiger partial charge in [-0.2, -0.15) is 5.10 Å². The quantitative estimate of drug-likeness (QED) is 0.644. The Hall–Kier alpha value is -3.07. The number of benzene rings is 1. The molecule has 2 aromatic heterocycles. The molecule has 0 spiro atoms. The maximum Gasteiger partial charge on any atom is 0.242 e. The van der Waals surface area contributed by atoms with Crippen LogP contribution in [-0.2, 0) is 17.9 Å². The van der Waals surface area contributed by atoms with Crippen molar-refractivity contribution in [3.8, 4) is 5.69 Å². The number of nitrogens with one attached hydrogen (secondary N) is 1. The van der Waals surface area contributed by atoms with Gasteiger partial charge in [-0.25, -0.2) is 9.36 Å². The summed E-state index contributed by atoms with van der Waals surface area (Å²) in [5.74, 6) is 0.607. The van der Waals surface area contributed by atoms with E-state index in [0.29, 0.717) is 6.54 Å². The van der Waals surface area contributed by atoms with E-state index in [2.05, 4.69) is 30.8 Å². The van der Waals surface area contributed by atoms with Gasteiger partial charge in [0.25, 0.3) is 0 Å². The first-order valence-corrected chi connectivity index (χ1v) is 10.6. The predicted molar refractivity (Wildman–Crippen MR) is 112 cm³/mol. The maximum atomic E-state index is 12.6. The lowest BCUT2D eigenvalue weighted by Crippen LogP contribution is -2.32. The van der Waals surface area contributed by atoms with Crippen molar-refractivity contribution in [3.63, 3.8) is 0 Å². The molecule has 0 aliphatic carbocycles. The van der Waals surface area contributed by atoms with Gasteiger partial charge in [-0.1, -0.05) is 31.0 Å². The first-order chi connectivity index (χ1) is 14.7. The molecule has 1 N–H and O–H groups in total. The van der Waals surface area contributed by atoms with Gasteiger partial charge in [0, 0.05) is 11.8 Å². The number of para-hydroxylation sites is 1. The zero-order valence-corrected chi connectivity index (χ0v) is 17.3. The summed E-state index contributed by atoms with van der Waals surface area (Å²) in [6, 6.07) is 9.72. The van der Waals surface area contributed by atoms with Crippen LogP contribution in [0.5, 0.6) is 0 Å². The molecule has 1 aromatic carbocycles. The molecule has 1 atom stereocenters. The van der Waals surface area contributed by atoms with Crippen LogP contribution in [-0.4, -0.2) is 53.9 Å². The number of aromatic nitrogens is 6. The van der Waals surface area contributed by atoms with Crippen LogP contribution in [0, 0.1) is 0 Å². The molecule has 0 saturated carbocycles. The molecule has 1 amide bonds. The molecule has 1 fully saturated rings. The minimum atomic E-state index is -0.166. The highest BCUT2D eigenvalue weighted by Gasteiger charge is 2.17. The van der Waals surface area contributed by atoms with Gasteiger partial charge < -0.3 is 5.32 Å². The van der Waals surface area contributed by atoms with Gasteiger partial charge in [-0.3, -0.25) is 9.69 Å². The predicted octanol–water partition coefficient (Wildman–Crippen LogP) is 2.11. The van der Waals surface area contributed by atoms with E-state index in [-0.39, 0.29) is 18.5 Å². The number of likely N-dealkylation sites (tertiary alicyclic amines) is 1. The first kappa shape index (κ1) is 20.2. The van der Waals surface area contributed by atoms with Crippen molar-refractivity contribution in [2.24, 2.45) is 0 Å². The van der Waals surface area contributed by atoms with Crippen molar-refractivity contribution in [3.05, 3.63) is 54.1 Å². The van der Waals surface area contributed by atoms with E-state index in [1.54, 1.807) is 15.6 Å². The van der Waals surface area contributed by atoms with Crippen LogP contribution in [0.1, 0.15) is 50.0 Å². The van der Waals surface area contributed by atoms with E-state index in [1.807, 2.05) is 43.5 Å². The van der Waals surface area contributed by atoms with Gasteiger partial charge in [0.1, 0.15) is 6.54 Å². The molecule has 3 heterocycles. The number of nitrogens with zero attached hydrogens (tertiary/aromatic N) is 7. The number of tetrazole rings is 1. The Kier molecular flexibility index (Phi) is 6.48. The molecular formula is C21H28N8O. The summed E-state index contributed by atoms with van der Waals surface area (Å²) in [5, 5.41) is 19.4. The Balaban J connectivity index is 1.34. The molecule has 1 aliphatic heterocycles. The number of hydrogen-bond acceptors (Lipinski definition) is 6. The van der Waals surface area contributed by atoms with Crippen LogP contribution >= 0.6 is 0 Å². The average molecular weight is 409 g/mol. The third kappa shape index (κ3) is 5.10. The summed E-state index contributed by atoms with van der Waals surface area (Å²) in [5.41, 5.74) is 1.92. The molecular weight excluding hydrogens is 380 g/mol. The summed E-state index contributed by atoms with van der Waals surface area (Å²) in [6.07, 6.45) is 8.68. The number of carbonyl (C=O) groups is 1. The smallest absolute Gasteiger partial charge is 0.242 e. The van der Waals surface area contributed by atoms with Crippen LogP contribution in [0.4, 0.5) is 0 Å². The lowest BCUT2D eigenvalue weighted by atomic mass is 10.2. The van der Waals surface area contributed by atoms with E-state index in [9.17, 15) is 4.79 Å². The molecule has 3 aromatic rings.